The summed E-state index contributed by atoms with van der Waals surface area (Å²) in [7, 11) is 0. The number of aromatic nitrogens is 2. The molecule has 0 spiro atoms. The van der Waals surface area contributed by atoms with Gasteiger partial charge in [-0.25, -0.2) is 9.97 Å². The van der Waals surface area contributed by atoms with Crippen LogP contribution in [0.25, 0.3) is 0 Å². The van der Waals surface area contributed by atoms with Crippen LogP contribution in [0.4, 0.5) is 13.2 Å². The molecule has 2 aromatic rings. The van der Waals surface area contributed by atoms with E-state index in [9.17, 15) is 18.0 Å². The number of halogens is 3. The van der Waals surface area contributed by atoms with E-state index in [1.54, 1.807) is 0 Å². The summed E-state index contributed by atoms with van der Waals surface area (Å²) in [5.74, 6) is 0.0359. The van der Waals surface area contributed by atoms with E-state index in [-0.39, 0.29) is 18.9 Å². The number of hydrogen-bond donors (Lipinski definition) is 1. The van der Waals surface area contributed by atoms with Crippen LogP contribution in [-0.2, 0) is 17.5 Å². The van der Waals surface area contributed by atoms with Gasteiger partial charge in [-0.15, -0.1) is 0 Å². The van der Waals surface area contributed by atoms with Gasteiger partial charge < -0.3 is 10.1 Å². The highest BCUT2D eigenvalue weighted by Crippen LogP contribution is 2.38. The van der Waals surface area contributed by atoms with Crippen molar-refractivity contribution in [3.05, 3.63) is 53.6 Å². The highest BCUT2D eigenvalue weighted by atomic mass is 19.4. The quantitative estimate of drug-likeness (QED) is 0.869. The van der Waals surface area contributed by atoms with E-state index in [0.29, 0.717) is 11.6 Å². The van der Waals surface area contributed by atoms with Crippen molar-refractivity contribution in [1.29, 1.82) is 0 Å². The molecule has 0 atom stereocenters. The molecule has 0 radical (unpaired) electrons. The predicted octanol–water partition coefficient (Wildman–Crippen LogP) is 3.07. The molecule has 1 saturated carbocycles. The smallest absolute Gasteiger partial charge is 0.416 e. The van der Waals surface area contributed by atoms with Crippen LogP contribution in [0.3, 0.4) is 0 Å². The molecule has 1 aromatic heterocycles. The molecule has 8 heteroatoms. The summed E-state index contributed by atoms with van der Waals surface area (Å²) in [6.07, 6.45) is -0.747. The Balaban J connectivity index is 1.49. The third-order valence-corrected chi connectivity index (χ3v) is 3.74. The molecule has 1 N–H and O–H groups in total. The lowest BCUT2D eigenvalue weighted by Crippen LogP contribution is -2.28. The summed E-state index contributed by atoms with van der Waals surface area (Å²) in [6.45, 7) is -0.158. The number of carbonyl (C=O) groups excluding carboxylic acids is 1. The zero-order valence-corrected chi connectivity index (χ0v) is 13.2. The number of benzene rings is 1. The van der Waals surface area contributed by atoms with Crippen LogP contribution < -0.4 is 10.1 Å². The molecule has 0 bridgehead atoms. The summed E-state index contributed by atoms with van der Waals surface area (Å²) in [6, 6.07) is 6.26. The van der Waals surface area contributed by atoms with Gasteiger partial charge >= 0.3 is 6.18 Å². The average molecular weight is 351 g/mol. The summed E-state index contributed by atoms with van der Waals surface area (Å²) >= 11 is 0. The summed E-state index contributed by atoms with van der Waals surface area (Å²) in [4.78, 5) is 20.1. The van der Waals surface area contributed by atoms with E-state index in [1.165, 1.54) is 18.5 Å². The normalized spacial score (nSPS) is 14.2. The first-order chi connectivity index (χ1) is 11.9. The molecule has 0 unspecified atom stereocenters. The van der Waals surface area contributed by atoms with Gasteiger partial charge in [0.25, 0.3) is 5.91 Å². The molecule has 1 aromatic carbocycles. The van der Waals surface area contributed by atoms with Gasteiger partial charge in [-0.1, -0.05) is 6.07 Å². The zero-order valence-electron chi connectivity index (χ0n) is 13.2. The maximum absolute atomic E-state index is 12.6. The molecule has 0 aliphatic heterocycles. The Morgan fingerprint density at radius 3 is 2.76 bits per heavy atom. The van der Waals surface area contributed by atoms with Gasteiger partial charge in [0.2, 0.25) is 0 Å². The largest absolute Gasteiger partial charge is 0.484 e. The van der Waals surface area contributed by atoms with Crippen LogP contribution in [0.1, 0.15) is 35.7 Å². The van der Waals surface area contributed by atoms with Crippen LogP contribution in [0, 0.1) is 0 Å². The molecule has 0 saturated heterocycles. The number of rotatable bonds is 6. The van der Waals surface area contributed by atoms with Gasteiger partial charge in [0.1, 0.15) is 12.1 Å². The molecule has 1 fully saturated rings. The van der Waals surface area contributed by atoms with Crippen molar-refractivity contribution in [3.63, 3.8) is 0 Å². The molecule has 1 aliphatic carbocycles. The Morgan fingerprint density at radius 1 is 1.24 bits per heavy atom. The van der Waals surface area contributed by atoms with E-state index in [0.717, 1.165) is 30.7 Å². The van der Waals surface area contributed by atoms with Gasteiger partial charge in [-0.05, 0) is 37.1 Å². The molecule has 3 rings (SSSR count). The van der Waals surface area contributed by atoms with E-state index in [1.807, 2.05) is 6.07 Å². The highest BCUT2D eigenvalue weighted by molar-refractivity contribution is 5.77. The number of hydrogen-bond acceptors (Lipinski definition) is 4. The van der Waals surface area contributed by atoms with Crippen molar-refractivity contribution < 1.29 is 22.7 Å². The SMILES string of the molecule is O=C(COc1cccc(C(F)(F)F)c1)NCc1cc(C2CC2)ncn1. The maximum Gasteiger partial charge on any atom is 0.416 e. The molecular formula is C17H16F3N3O2. The van der Waals surface area contributed by atoms with Crippen molar-refractivity contribution in [2.45, 2.75) is 31.5 Å². The van der Waals surface area contributed by atoms with Crippen LogP contribution in [0.2, 0.25) is 0 Å². The second-order valence-corrected chi connectivity index (χ2v) is 5.80. The molecule has 25 heavy (non-hydrogen) atoms. The second-order valence-electron chi connectivity index (χ2n) is 5.80. The number of alkyl halides is 3. The van der Waals surface area contributed by atoms with E-state index >= 15 is 0 Å². The lowest BCUT2D eigenvalue weighted by Gasteiger charge is -2.10. The fraction of sp³-hybridized carbons (Fsp3) is 0.353. The van der Waals surface area contributed by atoms with Gasteiger partial charge in [-0.3, -0.25) is 4.79 Å². The number of ether oxygens (including phenoxy) is 1. The first-order valence-corrected chi connectivity index (χ1v) is 7.79. The van der Waals surface area contributed by atoms with Gasteiger partial charge in [0.15, 0.2) is 6.61 Å². The minimum absolute atomic E-state index is 0.0111. The monoisotopic (exact) mass is 351 g/mol. The average Bonchev–Trinajstić information content (AvgIpc) is 3.43. The maximum atomic E-state index is 12.6. The Labute approximate surface area is 142 Å². The Morgan fingerprint density at radius 2 is 2.04 bits per heavy atom. The molecule has 1 aliphatic rings. The topological polar surface area (TPSA) is 64.1 Å². The number of carbonyl (C=O) groups is 1. The van der Waals surface area contributed by atoms with E-state index in [2.05, 4.69) is 15.3 Å². The van der Waals surface area contributed by atoms with Crippen LogP contribution in [-0.4, -0.2) is 22.5 Å². The van der Waals surface area contributed by atoms with Gasteiger partial charge in [0, 0.05) is 11.6 Å². The van der Waals surface area contributed by atoms with Crippen LogP contribution >= 0.6 is 0 Å². The van der Waals surface area contributed by atoms with Crippen LogP contribution in [0.15, 0.2) is 36.7 Å². The summed E-state index contributed by atoms with van der Waals surface area (Å²) < 4.78 is 43.0. The Kier molecular flexibility index (Phi) is 4.87. The predicted molar refractivity (Wildman–Crippen MR) is 82.8 cm³/mol. The molecule has 1 amide bonds. The number of nitrogens with zero attached hydrogens (tertiary/aromatic N) is 2. The first-order valence-electron chi connectivity index (χ1n) is 7.79. The third kappa shape index (κ3) is 4.91. The van der Waals surface area contributed by atoms with Gasteiger partial charge in [-0.2, -0.15) is 13.2 Å². The van der Waals surface area contributed by atoms with Crippen molar-refractivity contribution in [2.24, 2.45) is 0 Å². The van der Waals surface area contributed by atoms with E-state index < -0.39 is 17.6 Å². The molecule has 1 heterocycles. The van der Waals surface area contributed by atoms with E-state index in [4.69, 9.17) is 4.74 Å². The number of nitrogens with one attached hydrogen (secondary N) is 1. The standard InChI is InChI=1S/C17H16F3N3O2/c18-17(19,20)12-2-1-3-14(6-12)25-9-16(24)21-8-13-7-15(11-4-5-11)23-10-22-13/h1-3,6-7,10-11H,4-5,8-9H2,(H,21,24). The summed E-state index contributed by atoms with van der Waals surface area (Å²) in [5, 5.41) is 2.62. The van der Waals surface area contributed by atoms with Crippen molar-refractivity contribution in [3.8, 4) is 5.75 Å². The third-order valence-electron chi connectivity index (χ3n) is 3.74. The van der Waals surface area contributed by atoms with Crippen molar-refractivity contribution in [2.75, 3.05) is 6.61 Å². The fourth-order valence-electron chi connectivity index (χ4n) is 2.27. The molecule has 132 valence electrons. The lowest BCUT2D eigenvalue weighted by molar-refractivity contribution is -0.137. The van der Waals surface area contributed by atoms with Gasteiger partial charge in [0.05, 0.1) is 17.8 Å². The fourth-order valence-corrected chi connectivity index (χ4v) is 2.27. The Hall–Kier alpha value is -2.64. The minimum atomic E-state index is -4.45. The first kappa shape index (κ1) is 17.2. The summed E-state index contributed by atoms with van der Waals surface area (Å²) in [5.41, 5.74) is 0.836. The molecule has 5 nitrogen and oxygen atoms in total. The second kappa shape index (κ2) is 7.08. The van der Waals surface area contributed by atoms with Crippen LogP contribution in [0.5, 0.6) is 5.75 Å². The minimum Gasteiger partial charge on any atom is -0.484 e. The zero-order chi connectivity index (χ0) is 17.9. The Bertz CT molecular complexity index is 761. The number of amides is 1. The highest BCUT2D eigenvalue weighted by Gasteiger charge is 2.30. The molecular weight excluding hydrogens is 335 g/mol. The van der Waals surface area contributed by atoms with Crippen molar-refractivity contribution >= 4 is 5.91 Å². The lowest BCUT2D eigenvalue weighted by atomic mass is 10.2. The van der Waals surface area contributed by atoms with Crippen molar-refractivity contribution in [1.82, 2.24) is 15.3 Å².